The number of nitrogens with zero attached hydrogens (tertiary/aromatic N) is 1. The molecule has 1 heterocycles. The Morgan fingerprint density at radius 1 is 0.917 bits per heavy atom. The van der Waals surface area contributed by atoms with Gasteiger partial charge in [0.15, 0.2) is 0 Å². The molecule has 0 bridgehead atoms. The third kappa shape index (κ3) is 5.93. The van der Waals surface area contributed by atoms with Gasteiger partial charge in [-0.15, -0.1) is 0 Å². The third-order valence-corrected chi connectivity index (χ3v) is 8.20. The molecule has 36 heavy (non-hydrogen) atoms. The number of benzene rings is 3. The van der Waals surface area contributed by atoms with Gasteiger partial charge in [0.2, 0.25) is 10.0 Å². The van der Waals surface area contributed by atoms with Gasteiger partial charge in [-0.3, -0.25) is 0 Å². The van der Waals surface area contributed by atoms with Gasteiger partial charge in [0.1, 0.15) is 4.90 Å². The van der Waals surface area contributed by atoms with E-state index in [-0.39, 0.29) is 22.5 Å². The second-order valence-electron chi connectivity index (χ2n) is 7.90. The van der Waals surface area contributed by atoms with Gasteiger partial charge >= 0.3 is 6.18 Å². The van der Waals surface area contributed by atoms with Crippen LogP contribution in [0.5, 0.6) is 0 Å². The Balaban J connectivity index is 1.72. The molecule has 0 amide bonds. The van der Waals surface area contributed by atoms with Crippen LogP contribution in [0.4, 0.5) is 13.2 Å². The zero-order valence-corrected chi connectivity index (χ0v) is 21.8. The summed E-state index contributed by atoms with van der Waals surface area (Å²) >= 11 is 24.4. The van der Waals surface area contributed by atoms with Gasteiger partial charge in [-0.1, -0.05) is 64.6 Å². The highest BCUT2D eigenvalue weighted by Crippen LogP contribution is 2.36. The maximum atomic E-state index is 13.3. The number of sulfonamides is 1. The van der Waals surface area contributed by atoms with E-state index in [0.29, 0.717) is 33.5 Å². The van der Waals surface area contributed by atoms with E-state index in [2.05, 4.69) is 15.2 Å². The third-order valence-electron chi connectivity index (χ3n) is 5.48. The monoisotopic (exact) mass is 595 g/mol. The predicted octanol–water partition coefficient (Wildman–Crippen LogP) is 7.43. The molecule has 190 valence electrons. The lowest BCUT2D eigenvalue weighted by molar-refractivity contribution is -0.137. The second kappa shape index (κ2) is 10.4. The van der Waals surface area contributed by atoms with E-state index in [1.54, 1.807) is 24.3 Å². The molecule has 3 aromatic rings. The topological polar surface area (TPSA) is 70.6 Å². The lowest BCUT2D eigenvalue weighted by atomic mass is 9.96. The van der Waals surface area contributed by atoms with Crippen molar-refractivity contribution in [2.24, 2.45) is 5.10 Å². The van der Waals surface area contributed by atoms with Crippen molar-refractivity contribution in [2.45, 2.75) is 29.6 Å². The number of nitrogens with one attached hydrogen (secondary N) is 2. The number of halogens is 7. The maximum Gasteiger partial charge on any atom is 0.416 e. The van der Waals surface area contributed by atoms with Crippen LogP contribution in [-0.4, -0.2) is 14.1 Å². The zero-order valence-electron chi connectivity index (χ0n) is 18.0. The van der Waals surface area contributed by atoms with E-state index >= 15 is 0 Å². The first-order chi connectivity index (χ1) is 16.8. The van der Waals surface area contributed by atoms with Crippen molar-refractivity contribution >= 4 is 62.1 Å². The van der Waals surface area contributed by atoms with Crippen LogP contribution in [0.3, 0.4) is 0 Å². The van der Waals surface area contributed by atoms with Crippen LogP contribution in [0, 0.1) is 0 Å². The molecular formula is C23H16Cl4F3N3O2S. The summed E-state index contributed by atoms with van der Waals surface area (Å²) in [6.07, 6.45) is -4.50. The highest BCUT2D eigenvalue weighted by molar-refractivity contribution is 7.89. The smallest absolute Gasteiger partial charge is 0.302 e. The molecule has 0 spiro atoms. The van der Waals surface area contributed by atoms with Gasteiger partial charge in [0.25, 0.3) is 0 Å². The Labute approximate surface area is 225 Å². The molecule has 4 rings (SSSR count). The Kier molecular flexibility index (Phi) is 7.81. The molecule has 0 radical (unpaired) electrons. The Bertz CT molecular complexity index is 1430. The molecule has 1 aliphatic rings. The average molecular weight is 597 g/mol. The van der Waals surface area contributed by atoms with Crippen molar-refractivity contribution in [1.82, 2.24) is 10.1 Å². The summed E-state index contributed by atoms with van der Waals surface area (Å²) < 4.78 is 68.8. The molecule has 0 saturated heterocycles. The first-order valence-corrected chi connectivity index (χ1v) is 13.3. The molecular weight excluding hydrogens is 581 g/mol. The SMILES string of the molecule is O=S(=O)(N[C@H](C1=NNC(c2ccc(Cl)cc2)C1)c1ccc(Cl)cc1Cl)c1cc(C(F)(F)F)ccc1Cl. The first-order valence-electron chi connectivity index (χ1n) is 10.3. The highest BCUT2D eigenvalue weighted by atomic mass is 35.5. The molecule has 0 aromatic heterocycles. The molecule has 1 aliphatic heterocycles. The minimum absolute atomic E-state index is 0.142. The van der Waals surface area contributed by atoms with E-state index in [9.17, 15) is 21.6 Å². The summed E-state index contributed by atoms with van der Waals surface area (Å²) in [5.74, 6) is 0. The molecule has 3 aromatic carbocycles. The molecule has 2 atom stereocenters. The van der Waals surface area contributed by atoms with Crippen LogP contribution in [0.15, 0.2) is 70.7 Å². The van der Waals surface area contributed by atoms with E-state index in [4.69, 9.17) is 46.4 Å². The van der Waals surface area contributed by atoms with Crippen molar-refractivity contribution in [3.8, 4) is 0 Å². The minimum atomic E-state index is -4.76. The van der Waals surface area contributed by atoms with Gasteiger partial charge in [-0.05, 0) is 53.6 Å². The van der Waals surface area contributed by atoms with Crippen LogP contribution < -0.4 is 10.1 Å². The van der Waals surface area contributed by atoms with E-state index in [1.807, 2.05) is 0 Å². The highest BCUT2D eigenvalue weighted by Gasteiger charge is 2.36. The fourth-order valence-corrected chi connectivity index (χ4v) is 6.06. The first kappa shape index (κ1) is 27.0. The van der Waals surface area contributed by atoms with Gasteiger partial charge in [-0.25, -0.2) is 8.42 Å². The summed E-state index contributed by atoms with van der Waals surface area (Å²) in [5.41, 5.74) is 3.31. The number of hydrogen-bond donors (Lipinski definition) is 2. The largest absolute Gasteiger partial charge is 0.416 e. The molecule has 0 aliphatic carbocycles. The predicted molar refractivity (Wildman–Crippen MR) is 135 cm³/mol. The van der Waals surface area contributed by atoms with Crippen LogP contribution in [-0.2, 0) is 16.2 Å². The van der Waals surface area contributed by atoms with E-state index < -0.39 is 32.7 Å². The van der Waals surface area contributed by atoms with Crippen LogP contribution >= 0.6 is 46.4 Å². The Morgan fingerprint density at radius 2 is 1.58 bits per heavy atom. The van der Waals surface area contributed by atoms with Crippen LogP contribution in [0.2, 0.25) is 20.1 Å². The van der Waals surface area contributed by atoms with Gasteiger partial charge < -0.3 is 5.43 Å². The van der Waals surface area contributed by atoms with Gasteiger partial charge in [0, 0.05) is 21.5 Å². The molecule has 0 fully saturated rings. The normalized spacial score (nSPS) is 17.0. The van der Waals surface area contributed by atoms with Crippen molar-refractivity contribution in [3.63, 3.8) is 0 Å². The lowest BCUT2D eigenvalue weighted by Crippen LogP contribution is -2.34. The van der Waals surface area contributed by atoms with Gasteiger partial charge in [0.05, 0.1) is 28.4 Å². The Hall–Kier alpha value is -2.01. The van der Waals surface area contributed by atoms with E-state index in [0.717, 1.165) is 11.6 Å². The molecule has 0 saturated carbocycles. The average Bonchev–Trinajstić information content (AvgIpc) is 3.28. The summed E-state index contributed by atoms with van der Waals surface area (Å²) in [4.78, 5) is -0.727. The second-order valence-corrected chi connectivity index (χ2v) is 11.3. The molecule has 5 nitrogen and oxygen atoms in total. The fourth-order valence-electron chi connectivity index (χ4n) is 3.68. The van der Waals surface area contributed by atoms with Crippen molar-refractivity contribution < 1.29 is 21.6 Å². The fraction of sp³-hybridized carbons (Fsp3) is 0.174. The maximum absolute atomic E-state index is 13.3. The molecule has 1 unspecified atom stereocenters. The standard InChI is InChI=1S/C23H16Cl4F3N3O2S/c24-14-4-1-12(2-5-14)19-11-20(32-31-19)22(16-7-6-15(25)10-18(16)27)33-36(34,35)21-9-13(23(28,29)30)3-8-17(21)26/h1-10,19,22,31,33H,11H2/t19?,22-/m0/s1. The quantitative estimate of drug-likeness (QED) is 0.311. The van der Waals surface area contributed by atoms with Crippen LogP contribution in [0.25, 0.3) is 0 Å². The number of hydrazone groups is 1. The lowest BCUT2D eigenvalue weighted by Gasteiger charge is -2.21. The van der Waals surface area contributed by atoms with Crippen molar-refractivity contribution in [3.05, 3.63) is 97.4 Å². The van der Waals surface area contributed by atoms with Crippen molar-refractivity contribution in [2.75, 3.05) is 0 Å². The zero-order chi connectivity index (χ0) is 26.3. The van der Waals surface area contributed by atoms with Crippen molar-refractivity contribution in [1.29, 1.82) is 0 Å². The number of rotatable bonds is 6. The summed E-state index contributed by atoms with van der Waals surface area (Å²) in [6, 6.07) is 12.1. The van der Waals surface area contributed by atoms with Crippen LogP contribution in [0.1, 0.15) is 35.2 Å². The summed E-state index contributed by atoms with van der Waals surface area (Å²) in [6.45, 7) is 0. The minimum Gasteiger partial charge on any atom is -0.302 e. The molecule has 2 N–H and O–H groups in total. The molecule has 13 heteroatoms. The Morgan fingerprint density at radius 3 is 2.22 bits per heavy atom. The van der Waals surface area contributed by atoms with Gasteiger partial charge in [-0.2, -0.15) is 23.0 Å². The summed E-state index contributed by atoms with van der Waals surface area (Å²) in [7, 11) is -4.57. The number of hydrogen-bond acceptors (Lipinski definition) is 4. The summed E-state index contributed by atoms with van der Waals surface area (Å²) in [5, 5.41) is 4.95. The number of alkyl halides is 3. The van der Waals surface area contributed by atoms with E-state index in [1.165, 1.54) is 18.2 Å².